The second-order valence-electron chi connectivity index (χ2n) is 3.89. The lowest BCUT2D eigenvalue weighted by Crippen LogP contribution is -2.08. The van der Waals surface area contributed by atoms with Gasteiger partial charge >= 0.3 is 0 Å². The Morgan fingerprint density at radius 2 is 1.82 bits per heavy atom. The van der Waals surface area contributed by atoms with Crippen molar-refractivity contribution in [1.82, 2.24) is 15.0 Å². The Kier molecular flexibility index (Phi) is 3.38. The summed E-state index contributed by atoms with van der Waals surface area (Å²) < 4.78 is 1.68. The van der Waals surface area contributed by atoms with E-state index < -0.39 is 0 Å². The Bertz CT molecular complexity index is 528. The van der Waals surface area contributed by atoms with Crippen LogP contribution in [0.4, 0.5) is 0 Å². The van der Waals surface area contributed by atoms with Crippen molar-refractivity contribution >= 4 is 23.2 Å². The molecule has 1 heterocycles. The zero-order valence-electron chi connectivity index (χ0n) is 9.48. The minimum absolute atomic E-state index is 0.154. The monoisotopic (exact) mass is 270 g/mol. The number of hydrogen-bond donors (Lipinski definition) is 1. The van der Waals surface area contributed by atoms with Crippen LogP contribution >= 0.6 is 23.2 Å². The summed E-state index contributed by atoms with van der Waals surface area (Å²) in [5.41, 5.74) is 8.23. The molecule has 0 aliphatic rings. The Hall–Kier alpha value is -1.10. The van der Waals surface area contributed by atoms with Crippen LogP contribution in [0.1, 0.15) is 24.4 Å². The Morgan fingerprint density at radius 3 is 2.29 bits per heavy atom. The lowest BCUT2D eigenvalue weighted by Gasteiger charge is -2.06. The van der Waals surface area contributed by atoms with Crippen molar-refractivity contribution in [3.8, 4) is 5.69 Å². The third-order valence-electron chi connectivity index (χ3n) is 2.45. The van der Waals surface area contributed by atoms with Gasteiger partial charge in [0.25, 0.3) is 0 Å². The highest BCUT2D eigenvalue weighted by molar-refractivity contribution is 6.34. The normalized spacial score (nSPS) is 12.8. The minimum Gasteiger partial charge on any atom is -0.323 e. The maximum absolute atomic E-state index is 5.95. The van der Waals surface area contributed by atoms with Gasteiger partial charge in [0.1, 0.15) is 5.69 Å². The number of benzene rings is 1. The van der Waals surface area contributed by atoms with E-state index in [1.54, 1.807) is 22.9 Å². The van der Waals surface area contributed by atoms with Crippen LogP contribution in [0.3, 0.4) is 0 Å². The maximum atomic E-state index is 5.95. The van der Waals surface area contributed by atoms with Crippen molar-refractivity contribution in [3.63, 3.8) is 0 Å². The van der Waals surface area contributed by atoms with Crippen molar-refractivity contribution in [1.29, 1.82) is 0 Å². The summed E-state index contributed by atoms with van der Waals surface area (Å²) in [7, 11) is 0. The van der Waals surface area contributed by atoms with Crippen LogP contribution in [-0.4, -0.2) is 15.0 Å². The molecule has 0 bridgehead atoms. The van der Waals surface area contributed by atoms with E-state index >= 15 is 0 Å². The average Bonchev–Trinajstić information content (AvgIpc) is 2.58. The predicted octanol–water partition coefficient (Wildman–Crippen LogP) is 2.90. The molecule has 4 nitrogen and oxygen atoms in total. The van der Waals surface area contributed by atoms with E-state index in [1.807, 2.05) is 13.8 Å². The third kappa shape index (κ3) is 2.44. The molecular formula is C11H12Cl2N4. The molecule has 0 aliphatic heterocycles. The fourth-order valence-electron chi connectivity index (χ4n) is 1.67. The second kappa shape index (κ2) is 4.64. The van der Waals surface area contributed by atoms with Gasteiger partial charge in [0.2, 0.25) is 0 Å². The molecule has 2 aromatic rings. The molecule has 1 unspecified atom stereocenters. The molecule has 2 rings (SSSR count). The van der Waals surface area contributed by atoms with Crippen LogP contribution < -0.4 is 5.73 Å². The van der Waals surface area contributed by atoms with E-state index in [1.165, 1.54) is 0 Å². The topological polar surface area (TPSA) is 56.7 Å². The quantitative estimate of drug-likeness (QED) is 0.913. The molecule has 0 amide bonds. The molecule has 0 spiro atoms. The first-order valence-corrected chi connectivity index (χ1v) is 5.89. The molecule has 0 radical (unpaired) electrons. The predicted molar refractivity (Wildman–Crippen MR) is 68.7 cm³/mol. The highest BCUT2D eigenvalue weighted by Crippen LogP contribution is 2.23. The van der Waals surface area contributed by atoms with Crippen LogP contribution in [0.5, 0.6) is 0 Å². The molecule has 0 saturated carbocycles. The van der Waals surface area contributed by atoms with Crippen molar-refractivity contribution in [2.24, 2.45) is 5.73 Å². The van der Waals surface area contributed by atoms with E-state index in [4.69, 9.17) is 28.9 Å². The van der Waals surface area contributed by atoms with E-state index in [-0.39, 0.29) is 6.04 Å². The van der Waals surface area contributed by atoms with Crippen LogP contribution in [0.25, 0.3) is 5.69 Å². The summed E-state index contributed by atoms with van der Waals surface area (Å²) in [4.78, 5) is 0. The lowest BCUT2D eigenvalue weighted by molar-refractivity contribution is 0.756. The molecule has 1 aromatic heterocycles. The number of halogens is 2. The molecule has 17 heavy (non-hydrogen) atoms. The highest BCUT2D eigenvalue weighted by Gasteiger charge is 2.13. The van der Waals surface area contributed by atoms with Gasteiger partial charge < -0.3 is 5.73 Å². The van der Waals surface area contributed by atoms with Gasteiger partial charge in [-0.1, -0.05) is 28.4 Å². The minimum atomic E-state index is -0.154. The highest BCUT2D eigenvalue weighted by atomic mass is 35.5. The molecule has 0 fully saturated rings. The third-order valence-corrected chi connectivity index (χ3v) is 2.89. The Balaban J connectivity index is 2.53. The summed E-state index contributed by atoms with van der Waals surface area (Å²) in [6.45, 7) is 3.78. The van der Waals surface area contributed by atoms with Gasteiger partial charge in [0.05, 0.1) is 11.4 Å². The number of aromatic nitrogens is 3. The summed E-state index contributed by atoms with van der Waals surface area (Å²) >= 11 is 11.9. The molecule has 0 aliphatic carbocycles. The Labute approximate surface area is 109 Å². The summed E-state index contributed by atoms with van der Waals surface area (Å²) in [6.07, 6.45) is 0. The standard InChI is InChI=1S/C11H12Cl2N4/c1-6(14)11-7(2)17(16-15-11)10-4-8(12)3-9(13)5-10/h3-6H,14H2,1-2H3. The second-order valence-corrected chi connectivity index (χ2v) is 4.76. The lowest BCUT2D eigenvalue weighted by atomic mass is 10.2. The smallest absolute Gasteiger partial charge is 0.102 e. The molecule has 1 aromatic carbocycles. The molecule has 90 valence electrons. The van der Waals surface area contributed by atoms with Crippen LogP contribution in [0, 0.1) is 6.92 Å². The Morgan fingerprint density at radius 1 is 1.24 bits per heavy atom. The zero-order chi connectivity index (χ0) is 12.6. The van der Waals surface area contributed by atoms with Crippen molar-refractivity contribution in [2.75, 3.05) is 0 Å². The van der Waals surface area contributed by atoms with Crippen LogP contribution in [0.2, 0.25) is 10.0 Å². The van der Waals surface area contributed by atoms with Gasteiger partial charge in [-0.2, -0.15) is 0 Å². The van der Waals surface area contributed by atoms with Crippen molar-refractivity contribution in [2.45, 2.75) is 19.9 Å². The first-order chi connectivity index (χ1) is 7.99. The molecule has 6 heteroatoms. The fraction of sp³-hybridized carbons (Fsp3) is 0.273. The number of nitrogens with two attached hydrogens (primary N) is 1. The van der Waals surface area contributed by atoms with E-state index in [2.05, 4.69) is 10.3 Å². The summed E-state index contributed by atoms with van der Waals surface area (Å²) in [5, 5.41) is 9.23. The van der Waals surface area contributed by atoms with Gasteiger partial charge in [-0.15, -0.1) is 5.10 Å². The van der Waals surface area contributed by atoms with Gasteiger partial charge in [-0.3, -0.25) is 0 Å². The maximum Gasteiger partial charge on any atom is 0.102 e. The van der Waals surface area contributed by atoms with E-state index in [0.29, 0.717) is 10.0 Å². The van der Waals surface area contributed by atoms with Crippen LogP contribution in [0.15, 0.2) is 18.2 Å². The number of rotatable bonds is 2. The number of hydrogen-bond acceptors (Lipinski definition) is 3. The molecular weight excluding hydrogens is 259 g/mol. The fourth-order valence-corrected chi connectivity index (χ4v) is 2.18. The van der Waals surface area contributed by atoms with Crippen LogP contribution in [-0.2, 0) is 0 Å². The van der Waals surface area contributed by atoms with Crippen molar-refractivity contribution < 1.29 is 0 Å². The van der Waals surface area contributed by atoms with Gasteiger partial charge in [-0.25, -0.2) is 4.68 Å². The SMILES string of the molecule is Cc1c(C(C)N)nnn1-c1cc(Cl)cc(Cl)c1. The van der Waals surface area contributed by atoms with Crippen molar-refractivity contribution in [3.05, 3.63) is 39.6 Å². The molecule has 2 N–H and O–H groups in total. The molecule has 0 saturated heterocycles. The average molecular weight is 271 g/mol. The summed E-state index contributed by atoms with van der Waals surface area (Å²) in [5.74, 6) is 0. The number of nitrogens with zero attached hydrogens (tertiary/aromatic N) is 3. The zero-order valence-corrected chi connectivity index (χ0v) is 11.0. The van der Waals surface area contributed by atoms with E-state index in [0.717, 1.165) is 17.1 Å². The summed E-state index contributed by atoms with van der Waals surface area (Å²) in [6, 6.07) is 5.07. The first-order valence-electron chi connectivity index (χ1n) is 5.13. The first kappa shape index (κ1) is 12.4. The van der Waals surface area contributed by atoms with Gasteiger partial charge in [-0.05, 0) is 32.0 Å². The largest absolute Gasteiger partial charge is 0.323 e. The van der Waals surface area contributed by atoms with Gasteiger partial charge in [0, 0.05) is 16.1 Å². The molecule has 1 atom stereocenters. The van der Waals surface area contributed by atoms with E-state index in [9.17, 15) is 0 Å². The van der Waals surface area contributed by atoms with Gasteiger partial charge in [0.15, 0.2) is 0 Å².